The van der Waals surface area contributed by atoms with Gasteiger partial charge in [-0.2, -0.15) is 0 Å². The van der Waals surface area contributed by atoms with E-state index in [9.17, 15) is 0 Å². The summed E-state index contributed by atoms with van der Waals surface area (Å²) >= 11 is 13.4. The molecule has 15 heavy (non-hydrogen) atoms. The van der Waals surface area contributed by atoms with Gasteiger partial charge in [-0.25, -0.2) is 9.97 Å². The highest BCUT2D eigenvalue weighted by Crippen LogP contribution is 2.30. The van der Waals surface area contributed by atoms with Crippen molar-refractivity contribution in [3.63, 3.8) is 0 Å². The number of nitrogens with zero attached hydrogens (tertiary/aromatic N) is 2. The smallest absolute Gasteiger partial charge is 0.207 e. The molecule has 0 aliphatic rings. The Morgan fingerprint density at radius 2 is 2.07 bits per heavy atom. The van der Waals surface area contributed by atoms with Crippen molar-refractivity contribution < 1.29 is 0 Å². The number of rotatable bonds is 2. The maximum absolute atomic E-state index is 5.98. The molecule has 0 aliphatic carbocycles. The van der Waals surface area contributed by atoms with Gasteiger partial charge in [-0.05, 0) is 30.0 Å². The van der Waals surface area contributed by atoms with Crippen molar-refractivity contribution >= 4 is 44.8 Å². The third kappa shape index (κ3) is 2.41. The van der Waals surface area contributed by atoms with Crippen LogP contribution in [0.1, 0.15) is 18.7 Å². The fourth-order valence-corrected chi connectivity index (χ4v) is 3.20. The van der Waals surface area contributed by atoms with Crippen LogP contribution in [0.25, 0.3) is 10.2 Å². The lowest BCUT2D eigenvalue weighted by atomic mass is 10.1. The summed E-state index contributed by atoms with van der Waals surface area (Å²) in [6.45, 7) is 4.37. The van der Waals surface area contributed by atoms with Crippen LogP contribution in [0, 0.1) is 5.92 Å². The number of hydrogen-bond donors (Lipinski definition) is 0. The Kier molecular flexibility index (Phi) is 3.14. The third-order valence-electron chi connectivity index (χ3n) is 1.98. The van der Waals surface area contributed by atoms with E-state index >= 15 is 0 Å². The summed E-state index contributed by atoms with van der Waals surface area (Å²) in [6.07, 6.45) is 1.04. The highest BCUT2D eigenvalue weighted by molar-refractivity contribution is 7.18. The van der Waals surface area contributed by atoms with Gasteiger partial charge in [0.25, 0.3) is 0 Å². The van der Waals surface area contributed by atoms with Crippen molar-refractivity contribution in [3.05, 3.63) is 21.4 Å². The van der Waals surface area contributed by atoms with E-state index in [1.807, 2.05) is 0 Å². The highest BCUT2D eigenvalue weighted by atomic mass is 35.5. The molecule has 0 aliphatic heterocycles. The molecule has 0 unspecified atom stereocenters. The van der Waals surface area contributed by atoms with Gasteiger partial charge in [0.15, 0.2) is 0 Å². The number of fused-ring (bicyclic) bond motifs is 1. The first-order valence-corrected chi connectivity index (χ1v) is 6.25. The SMILES string of the molecule is CC(C)Cc1cc2c(Cl)nc(Cl)nc2s1. The Hall–Kier alpha value is -0.380. The van der Waals surface area contributed by atoms with Crippen molar-refractivity contribution in [2.75, 3.05) is 0 Å². The fourth-order valence-electron chi connectivity index (χ4n) is 1.42. The molecule has 2 heterocycles. The Bertz CT molecular complexity index is 493. The Morgan fingerprint density at radius 1 is 1.33 bits per heavy atom. The third-order valence-corrected chi connectivity index (χ3v) is 3.49. The fraction of sp³-hybridized carbons (Fsp3) is 0.400. The second-order valence-corrected chi connectivity index (χ2v) is 5.62. The molecule has 0 spiro atoms. The monoisotopic (exact) mass is 260 g/mol. The first kappa shape index (κ1) is 11.1. The molecule has 0 amide bonds. The summed E-state index contributed by atoms with van der Waals surface area (Å²) in [5.41, 5.74) is 0. The van der Waals surface area contributed by atoms with Gasteiger partial charge in [-0.1, -0.05) is 25.4 Å². The van der Waals surface area contributed by atoms with Gasteiger partial charge in [0.1, 0.15) is 9.98 Å². The van der Waals surface area contributed by atoms with Crippen LogP contribution in [0.2, 0.25) is 10.4 Å². The summed E-state index contributed by atoms with van der Waals surface area (Å²) in [5.74, 6) is 0.625. The van der Waals surface area contributed by atoms with Crippen molar-refractivity contribution in [2.24, 2.45) is 5.92 Å². The maximum atomic E-state index is 5.98. The van der Waals surface area contributed by atoms with Gasteiger partial charge in [0.05, 0.1) is 0 Å². The van der Waals surface area contributed by atoms with Crippen molar-refractivity contribution in [3.8, 4) is 0 Å². The van der Waals surface area contributed by atoms with Crippen LogP contribution in [-0.4, -0.2) is 9.97 Å². The van der Waals surface area contributed by atoms with Crippen LogP contribution >= 0.6 is 34.5 Å². The largest absolute Gasteiger partial charge is 0.225 e. The predicted molar refractivity (Wildman–Crippen MR) is 66.0 cm³/mol. The minimum atomic E-state index is 0.213. The first-order valence-electron chi connectivity index (χ1n) is 4.67. The van der Waals surface area contributed by atoms with Crippen molar-refractivity contribution in [1.82, 2.24) is 9.97 Å². The minimum Gasteiger partial charge on any atom is -0.207 e. The standard InChI is InChI=1S/C10H10Cl2N2S/c1-5(2)3-6-4-7-8(11)13-10(12)14-9(7)15-6/h4-5H,3H2,1-2H3. The Balaban J connectivity index is 2.50. The molecular formula is C10H10Cl2N2S. The van der Waals surface area contributed by atoms with E-state index in [0.717, 1.165) is 16.6 Å². The molecule has 0 radical (unpaired) electrons. The Morgan fingerprint density at radius 3 is 2.73 bits per heavy atom. The molecule has 2 rings (SSSR count). The molecule has 80 valence electrons. The molecule has 0 fully saturated rings. The van der Waals surface area contributed by atoms with E-state index in [-0.39, 0.29) is 5.28 Å². The quantitative estimate of drug-likeness (QED) is 0.598. The van der Waals surface area contributed by atoms with Gasteiger partial charge >= 0.3 is 0 Å². The van der Waals surface area contributed by atoms with Crippen LogP contribution in [-0.2, 0) is 6.42 Å². The van der Waals surface area contributed by atoms with Crippen LogP contribution in [0.4, 0.5) is 0 Å². The molecular weight excluding hydrogens is 251 g/mol. The molecule has 5 heteroatoms. The summed E-state index contributed by atoms with van der Waals surface area (Å²) in [6, 6.07) is 2.05. The van der Waals surface area contributed by atoms with E-state index in [2.05, 4.69) is 29.9 Å². The zero-order valence-electron chi connectivity index (χ0n) is 8.42. The number of thiophene rings is 1. The van der Waals surface area contributed by atoms with Crippen LogP contribution in [0.3, 0.4) is 0 Å². The minimum absolute atomic E-state index is 0.213. The zero-order valence-corrected chi connectivity index (χ0v) is 10.7. The van der Waals surface area contributed by atoms with E-state index in [0.29, 0.717) is 11.1 Å². The number of aromatic nitrogens is 2. The number of halogens is 2. The van der Waals surface area contributed by atoms with Crippen LogP contribution in [0.15, 0.2) is 6.07 Å². The van der Waals surface area contributed by atoms with Gasteiger partial charge in [-0.15, -0.1) is 11.3 Å². The lowest BCUT2D eigenvalue weighted by molar-refractivity contribution is 0.654. The second-order valence-electron chi connectivity index (χ2n) is 3.81. The van der Waals surface area contributed by atoms with Gasteiger partial charge < -0.3 is 0 Å². The summed E-state index contributed by atoms with van der Waals surface area (Å²) < 4.78 is 0. The second kappa shape index (κ2) is 4.24. The van der Waals surface area contributed by atoms with E-state index < -0.39 is 0 Å². The van der Waals surface area contributed by atoms with Gasteiger partial charge in [0, 0.05) is 10.3 Å². The Labute approximate surface area is 102 Å². The highest BCUT2D eigenvalue weighted by Gasteiger charge is 2.10. The molecule has 2 nitrogen and oxygen atoms in total. The topological polar surface area (TPSA) is 25.8 Å². The van der Waals surface area contributed by atoms with Crippen LogP contribution in [0.5, 0.6) is 0 Å². The van der Waals surface area contributed by atoms with Crippen molar-refractivity contribution in [1.29, 1.82) is 0 Å². The maximum Gasteiger partial charge on any atom is 0.225 e. The van der Waals surface area contributed by atoms with E-state index in [1.54, 1.807) is 11.3 Å². The molecule has 0 bridgehead atoms. The van der Waals surface area contributed by atoms with Gasteiger partial charge in [-0.3, -0.25) is 0 Å². The lowest BCUT2D eigenvalue weighted by Gasteiger charge is -1.98. The molecule has 0 N–H and O–H groups in total. The summed E-state index contributed by atoms with van der Waals surface area (Å²) in [4.78, 5) is 10.2. The average molecular weight is 261 g/mol. The van der Waals surface area contributed by atoms with Crippen molar-refractivity contribution in [2.45, 2.75) is 20.3 Å². The normalized spacial score (nSPS) is 11.5. The molecule has 0 saturated carbocycles. The van der Waals surface area contributed by atoms with E-state index in [1.165, 1.54) is 4.88 Å². The molecule has 0 saturated heterocycles. The number of hydrogen-bond acceptors (Lipinski definition) is 3. The molecule has 0 aromatic carbocycles. The molecule has 2 aromatic rings. The predicted octanol–water partition coefficient (Wildman–Crippen LogP) is 4.20. The summed E-state index contributed by atoms with van der Waals surface area (Å²) in [5, 5.41) is 1.56. The summed E-state index contributed by atoms with van der Waals surface area (Å²) in [7, 11) is 0. The van der Waals surface area contributed by atoms with Gasteiger partial charge in [0.2, 0.25) is 5.28 Å². The molecule has 2 aromatic heterocycles. The zero-order chi connectivity index (χ0) is 11.0. The van der Waals surface area contributed by atoms with Crippen LogP contribution < -0.4 is 0 Å². The first-order chi connectivity index (χ1) is 7.06. The van der Waals surface area contributed by atoms with E-state index in [4.69, 9.17) is 23.2 Å². The lowest BCUT2D eigenvalue weighted by Crippen LogP contribution is -1.89. The average Bonchev–Trinajstić information content (AvgIpc) is 2.45. The molecule has 0 atom stereocenters.